The summed E-state index contributed by atoms with van der Waals surface area (Å²) >= 11 is 0. The first-order chi connectivity index (χ1) is 9.74. The van der Waals surface area contributed by atoms with Crippen molar-refractivity contribution in [1.82, 2.24) is 14.5 Å². The van der Waals surface area contributed by atoms with Crippen LogP contribution in [0.15, 0.2) is 17.2 Å². The second-order valence-electron chi connectivity index (χ2n) is 4.87. The average Bonchev–Trinajstić information content (AvgIpc) is 3.01. The first-order valence-corrected chi connectivity index (χ1v) is 6.80. The molecule has 3 rings (SSSR count). The van der Waals surface area contributed by atoms with Crippen molar-refractivity contribution in [2.45, 2.75) is 26.3 Å². The van der Waals surface area contributed by atoms with Crippen molar-refractivity contribution in [3.63, 3.8) is 0 Å². The maximum atomic E-state index is 12.1. The molecule has 0 saturated carbocycles. The molecule has 2 aromatic rings. The highest BCUT2D eigenvalue weighted by Crippen LogP contribution is 2.18. The van der Waals surface area contributed by atoms with Gasteiger partial charge >= 0.3 is 0 Å². The van der Waals surface area contributed by atoms with Crippen LogP contribution in [0.1, 0.15) is 25.3 Å². The maximum Gasteiger partial charge on any atom is 0.227 e. The topological polar surface area (TPSA) is 74.8 Å². The lowest BCUT2D eigenvalue weighted by Gasteiger charge is -2.16. The average molecular weight is 269 g/mol. The van der Waals surface area contributed by atoms with Gasteiger partial charge in [0.15, 0.2) is 0 Å². The van der Waals surface area contributed by atoms with Crippen molar-refractivity contribution in [2.24, 2.45) is 0 Å². The standard InChI is InChI=1S/C14H15N5O/c1-2-18-9-10(7-15)12(20)11-8-16-14(17-13(11)18)19-5-3-4-6-19/h8-9H,2-6H2,1H3. The van der Waals surface area contributed by atoms with Crippen LogP contribution in [0.4, 0.5) is 5.95 Å². The molecule has 0 N–H and O–H groups in total. The Morgan fingerprint density at radius 2 is 2.15 bits per heavy atom. The smallest absolute Gasteiger partial charge is 0.227 e. The molecule has 0 spiro atoms. The summed E-state index contributed by atoms with van der Waals surface area (Å²) in [5.74, 6) is 0.668. The largest absolute Gasteiger partial charge is 0.341 e. The highest BCUT2D eigenvalue weighted by atomic mass is 16.1. The van der Waals surface area contributed by atoms with E-state index in [2.05, 4.69) is 14.9 Å². The molecular weight excluding hydrogens is 254 g/mol. The Balaban J connectivity index is 2.23. The van der Waals surface area contributed by atoms with Crippen molar-refractivity contribution >= 4 is 17.0 Å². The molecule has 0 radical (unpaired) electrons. The number of nitriles is 1. The molecule has 0 aromatic carbocycles. The van der Waals surface area contributed by atoms with Gasteiger partial charge in [0.1, 0.15) is 17.3 Å². The summed E-state index contributed by atoms with van der Waals surface area (Å²) in [6.45, 7) is 4.53. The van der Waals surface area contributed by atoms with Crippen molar-refractivity contribution < 1.29 is 0 Å². The van der Waals surface area contributed by atoms with Crippen LogP contribution >= 0.6 is 0 Å². The molecule has 1 saturated heterocycles. The summed E-state index contributed by atoms with van der Waals surface area (Å²) in [6.07, 6.45) is 5.42. The normalized spacial score (nSPS) is 14.7. The van der Waals surface area contributed by atoms with Gasteiger partial charge in [-0.3, -0.25) is 4.79 Å². The van der Waals surface area contributed by atoms with Crippen LogP contribution in [0.5, 0.6) is 0 Å². The molecule has 1 aliphatic heterocycles. The Labute approximate surface area is 116 Å². The van der Waals surface area contributed by atoms with Crippen molar-refractivity contribution in [2.75, 3.05) is 18.0 Å². The van der Waals surface area contributed by atoms with E-state index < -0.39 is 0 Å². The third-order valence-corrected chi connectivity index (χ3v) is 3.65. The van der Waals surface area contributed by atoms with Gasteiger partial charge in [0.25, 0.3) is 0 Å². The first kappa shape index (κ1) is 12.6. The molecule has 1 aliphatic rings. The van der Waals surface area contributed by atoms with Crippen molar-refractivity contribution in [3.8, 4) is 6.07 Å². The quantitative estimate of drug-likeness (QED) is 0.821. The van der Waals surface area contributed by atoms with Gasteiger partial charge in [-0.25, -0.2) is 4.98 Å². The molecule has 6 nitrogen and oxygen atoms in total. The number of rotatable bonds is 2. The summed E-state index contributed by atoms with van der Waals surface area (Å²) in [4.78, 5) is 23.1. The molecule has 0 atom stereocenters. The van der Waals surface area contributed by atoms with Gasteiger partial charge in [-0.1, -0.05) is 0 Å². The van der Waals surface area contributed by atoms with E-state index >= 15 is 0 Å². The van der Waals surface area contributed by atoms with Gasteiger partial charge in [-0.15, -0.1) is 0 Å². The first-order valence-electron chi connectivity index (χ1n) is 6.80. The van der Waals surface area contributed by atoms with E-state index in [9.17, 15) is 4.79 Å². The van der Waals surface area contributed by atoms with Gasteiger partial charge in [0.2, 0.25) is 11.4 Å². The maximum absolute atomic E-state index is 12.1. The molecule has 0 unspecified atom stereocenters. The number of fused-ring (bicyclic) bond motifs is 1. The number of hydrogen-bond acceptors (Lipinski definition) is 5. The Kier molecular flexibility index (Phi) is 3.11. The molecule has 1 fully saturated rings. The Bertz CT molecular complexity index is 752. The number of aryl methyl sites for hydroxylation is 1. The highest BCUT2D eigenvalue weighted by Gasteiger charge is 2.17. The zero-order chi connectivity index (χ0) is 14.1. The number of hydrogen-bond donors (Lipinski definition) is 0. The Morgan fingerprint density at radius 1 is 1.40 bits per heavy atom. The summed E-state index contributed by atoms with van der Waals surface area (Å²) in [6, 6.07) is 1.93. The molecule has 3 heterocycles. The monoisotopic (exact) mass is 269 g/mol. The minimum Gasteiger partial charge on any atom is -0.341 e. The van der Waals surface area contributed by atoms with Gasteiger partial charge < -0.3 is 9.47 Å². The fourth-order valence-electron chi connectivity index (χ4n) is 2.55. The Morgan fingerprint density at radius 3 is 2.80 bits per heavy atom. The molecule has 6 heteroatoms. The van der Waals surface area contributed by atoms with E-state index in [0.717, 1.165) is 25.9 Å². The van der Waals surface area contributed by atoms with Crippen LogP contribution < -0.4 is 10.3 Å². The SMILES string of the molecule is CCn1cc(C#N)c(=O)c2cnc(N3CCCC3)nc21. The molecule has 0 aliphatic carbocycles. The second kappa shape index (κ2) is 4.93. The van der Waals surface area contributed by atoms with E-state index in [1.165, 1.54) is 0 Å². The van der Waals surface area contributed by atoms with Crippen LogP contribution in [0.25, 0.3) is 11.0 Å². The van der Waals surface area contributed by atoms with E-state index in [-0.39, 0.29) is 11.0 Å². The van der Waals surface area contributed by atoms with Crippen molar-refractivity contribution in [1.29, 1.82) is 5.26 Å². The van der Waals surface area contributed by atoms with Gasteiger partial charge in [0, 0.05) is 32.0 Å². The number of pyridine rings is 1. The van der Waals surface area contributed by atoms with Gasteiger partial charge in [-0.05, 0) is 19.8 Å². The predicted molar refractivity (Wildman–Crippen MR) is 75.6 cm³/mol. The molecule has 0 amide bonds. The molecule has 20 heavy (non-hydrogen) atoms. The summed E-state index contributed by atoms with van der Waals surface area (Å²) in [5, 5.41) is 9.42. The van der Waals surface area contributed by atoms with Crippen LogP contribution in [0, 0.1) is 11.3 Å². The number of nitrogens with zero attached hydrogens (tertiary/aromatic N) is 5. The third-order valence-electron chi connectivity index (χ3n) is 3.65. The fourth-order valence-corrected chi connectivity index (χ4v) is 2.55. The Hall–Kier alpha value is -2.42. The number of anilines is 1. The summed E-state index contributed by atoms with van der Waals surface area (Å²) in [7, 11) is 0. The summed E-state index contributed by atoms with van der Waals surface area (Å²) in [5.41, 5.74) is 0.449. The lowest BCUT2D eigenvalue weighted by atomic mass is 10.2. The van der Waals surface area contributed by atoms with Gasteiger partial charge in [0.05, 0.1) is 5.39 Å². The number of aromatic nitrogens is 3. The zero-order valence-corrected chi connectivity index (χ0v) is 11.3. The van der Waals surface area contributed by atoms with Crippen LogP contribution in [0.2, 0.25) is 0 Å². The minimum atomic E-state index is -0.292. The van der Waals surface area contributed by atoms with E-state index in [1.54, 1.807) is 12.4 Å². The lowest BCUT2D eigenvalue weighted by molar-refractivity contribution is 0.770. The third kappa shape index (κ3) is 1.92. The van der Waals surface area contributed by atoms with Crippen LogP contribution in [-0.2, 0) is 6.54 Å². The molecule has 2 aromatic heterocycles. The molecule has 102 valence electrons. The molecule has 0 bridgehead atoms. The van der Waals surface area contributed by atoms with E-state index in [4.69, 9.17) is 5.26 Å². The molecular formula is C14H15N5O. The summed E-state index contributed by atoms with van der Waals surface area (Å²) < 4.78 is 1.83. The van der Waals surface area contributed by atoms with E-state index in [0.29, 0.717) is 23.5 Å². The minimum absolute atomic E-state index is 0.136. The van der Waals surface area contributed by atoms with E-state index in [1.807, 2.05) is 17.6 Å². The zero-order valence-electron chi connectivity index (χ0n) is 11.3. The van der Waals surface area contributed by atoms with Crippen molar-refractivity contribution in [3.05, 3.63) is 28.2 Å². The van der Waals surface area contributed by atoms with Gasteiger partial charge in [-0.2, -0.15) is 10.2 Å². The predicted octanol–water partition coefficient (Wildman–Crippen LogP) is 1.28. The van der Waals surface area contributed by atoms with Crippen LogP contribution in [-0.4, -0.2) is 27.6 Å². The second-order valence-corrected chi connectivity index (χ2v) is 4.87. The lowest BCUT2D eigenvalue weighted by Crippen LogP contribution is -2.22. The van der Waals surface area contributed by atoms with Crippen LogP contribution in [0.3, 0.4) is 0 Å². The highest BCUT2D eigenvalue weighted by molar-refractivity contribution is 5.76. The fraction of sp³-hybridized carbons (Fsp3) is 0.429.